The Bertz CT molecular complexity index is 178. The molecule has 0 bridgehead atoms. The van der Waals surface area contributed by atoms with Gasteiger partial charge in [-0.05, 0) is 11.7 Å². The Morgan fingerprint density at radius 2 is 1.92 bits per heavy atom. The van der Waals surface area contributed by atoms with Crippen molar-refractivity contribution in [3.63, 3.8) is 0 Å². The number of carboxylic acid groups (broad SMARTS) is 2. The van der Waals surface area contributed by atoms with Crippen molar-refractivity contribution in [2.45, 2.75) is 25.0 Å². The molecule has 2 N–H and O–H groups in total. The molecule has 12 heavy (non-hydrogen) atoms. The maximum atomic E-state index is 10.5. The van der Waals surface area contributed by atoms with Crippen molar-refractivity contribution in [3.8, 4) is 0 Å². The van der Waals surface area contributed by atoms with Gasteiger partial charge in [-0.2, -0.15) is 12.6 Å². The van der Waals surface area contributed by atoms with Gasteiger partial charge in [-0.1, -0.05) is 6.92 Å². The molecule has 2 atom stereocenters. The van der Waals surface area contributed by atoms with Gasteiger partial charge in [-0.15, -0.1) is 0 Å². The molecular weight excluding hydrogens is 180 g/mol. The molecule has 0 aromatic carbocycles. The minimum Gasteiger partial charge on any atom is -0.481 e. The van der Waals surface area contributed by atoms with Gasteiger partial charge in [-0.3, -0.25) is 9.59 Å². The summed E-state index contributed by atoms with van der Waals surface area (Å²) in [6.45, 7) is 1.74. The van der Waals surface area contributed by atoms with Crippen LogP contribution in [-0.4, -0.2) is 27.4 Å². The molecule has 0 aliphatic heterocycles. The topological polar surface area (TPSA) is 74.6 Å². The molecular formula is C7H12O4S. The predicted octanol–water partition coefficient (Wildman–Crippen LogP) is 0.870. The quantitative estimate of drug-likeness (QED) is 0.565. The molecule has 0 radical (unpaired) electrons. The van der Waals surface area contributed by atoms with Crippen molar-refractivity contribution in [1.82, 2.24) is 0 Å². The number of aliphatic carboxylic acids is 2. The van der Waals surface area contributed by atoms with Crippen LogP contribution in [0.5, 0.6) is 0 Å². The van der Waals surface area contributed by atoms with Crippen LogP contribution in [0, 0.1) is 5.92 Å². The number of carboxylic acids is 2. The largest absolute Gasteiger partial charge is 0.481 e. The van der Waals surface area contributed by atoms with Crippen LogP contribution in [0.3, 0.4) is 0 Å². The highest BCUT2D eigenvalue weighted by molar-refractivity contribution is 7.80. The van der Waals surface area contributed by atoms with Crippen molar-refractivity contribution in [2.75, 3.05) is 0 Å². The Morgan fingerprint density at radius 1 is 1.42 bits per heavy atom. The lowest BCUT2D eigenvalue weighted by Crippen LogP contribution is -2.20. The Hall–Kier alpha value is -0.710. The van der Waals surface area contributed by atoms with Gasteiger partial charge in [0.05, 0.1) is 12.3 Å². The smallest absolute Gasteiger partial charge is 0.307 e. The molecule has 0 saturated carbocycles. The van der Waals surface area contributed by atoms with E-state index < -0.39 is 17.9 Å². The first-order chi connectivity index (χ1) is 5.43. The van der Waals surface area contributed by atoms with Gasteiger partial charge in [0.1, 0.15) is 0 Å². The fraction of sp³-hybridized carbons (Fsp3) is 0.714. The monoisotopic (exact) mass is 192 g/mol. The summed E-state index contributed by atoms with van der Waals surface area (Å²) >= 11 is 4.00. The summed E-state index contributed by atoms with van der Waals surface area (Å²) in [6, 6.07) is 0. The van der Waals surface area contributed by atoms with Gasteiger partial charge in [-0.25, -0.2) is 0 Å². The SMILES string of the molecule is CC(S)CC(CC(=O)O)C(=O)O. The molecule has 70 valence electrons. The van der Waals surface area contributed by atoms with E-state index in [1.54, 1.807) is 6.92 Å². The second-order valence-electron chi connectivity index (χ2n) is 2.72. The van der Waals surface area contributed by atoms with Gasteiger partial charge in [0, 0.05) is 0 Å². The Labute approximate surface area is 76.0 Å². The zero-order chi connectivity index (χ0) is 9.72. The molecule has 4 nitrogen and oxygen atoms in total. The molecule has 0 spiro atoms. The summed E-state index contributed by atoms with van der Waals surface area (Å²) in [5.41, 5.74) is 0. The summed E-state index contributed by atoms with van der Waals surface area (Å²) < 4.78 is 0. The lowest BCUT2D eigenvalue weighted by atomic mass is 10.0. The van der Waals surface area contributed by atoms with Gasteiger partial charge in [0.15, 0.2) is 0 Å². The zero-order valence-electron chi connectivity index (χ0n) is 6.73. The minimum atomic E-state index is -1.09. The lowest BCUT2D eigenvalue weighted by Gasteiger charge is -2.10. The van der Waals surface area contributed by atoms with Gasteiger partial charge < -0.3 is 10.2 Å². The van der Waals surface area contributed by atoms with E-state index in [1.165, 1.54) is 0 Å². The van der Waals surface area contributed by atoms with Crippen LogP contribution in [0.15, 0.2) is 0 Å². The van der Waals surface area contributed by atoms with Crippen LogP contribution in [-0.2, 0) is 9.59 Å². The average Bonchev–Trinajstić information content (AvgIpc) is 1.83. The first-order valence-corrected chi connectivity index (χ1v) is 4.07. The first-order valence-electron chi connectivity index (χ1n) is 3.56. The molecule has 0 aliphatic carbocycles. The van der Waals surface area contributed by atoms with Crippen molar-refractivity contribution in [1.29, 1.82) is 0 Å². The van der Waals surface area contributed by atoms with E-state index >= 15 is 0 Å². The number of thiol groups is 1. The molecule has 0 aromatic rings. The standard InChI is InChI=1S/C7H12O4S/c1-4(12)2-5(7(10)11)3-6(8)9/h4-5,12H,2-3H2,1H3,(H,8,9)(H,10,11). The average molecular weight is 192 g/mol. The number of rotatable bonds is 5. The minimum absolute atomic E-state index is 0.0922. The summed E-state index contributed by atoms with van der Waals surface area (Å²) in [5, 5.41) is 16.8. The van der Waals surface area contributed by atoms with Gasteiger partial charge in [0.25, 0.3) is 0 Å². The maximum Gasteiger partial charge on any atom is 0.307 e. The molecule has 0 fully saturated rings. The maximum absolute atomic E-state index is 10.5. The van der Waals surface area contributed by atoms with Crippen molar-refractivity contribution in [2.24, 2.45) is 5.92 Å². The fourth-order valence-electron chi connectivity index (χ4n) is 0.894. The number of hydrogen-bond acceptors (Lipinski definition) is 3. The third-order valence-electron chi connectivity index (χ3n) is 1.40. The van der Waals surface area contributed by atoms with E-state index in [-0.39, 0.29) is 18.1 Å². The number of hydrogen-bond donors (Lipinski definition) is 3. The summed E-state index contributed by atoms with van der Waals surface area (Å²) in [5.74, 6) is -2.98. The summed E-state index contributed by atoms with van der Waals surface area (Å²) in [4.78, 5) is 20.7. The van der Waals surface area contributed by atoms with E-state index in [0.29, 0.717) is 0 Å². The molecule has 0 heterocycles. The van der Waals surface area contributed by atoms with E-state index in [2.05, 4.69) is 12.6 Å². The van der Waals surface area contributed by atoms with Crippen LogP contribution >= 0.6 is 12.6 Å². The van der Waals surface area contributed by atoms with Gasteiger partial charge >= 0.3 is 11.9 Å². The third-order valence-corrected chi connectivity index (χ3v) is 1.61. The fourth-order valence-corrected chi connectivity index (χ4v) is 1.15. The van der Waals surface area contributed by atoms with Crippen LogP contribution in [0.2, 0.25) is 0 Å². The van der Waals surface area contributed by atoms with E-state index in [1.807, 2.05) is 0 Å². The summed E-state index contributed by atoms with van der Waals surface area (Å²) in [6.07, 6.45) is -0.0506. The van der Waals surface area contributed by atoms with Gasteiger partial charge in [0.2, 0.25) is 0 Å². The Kier molecular flexibility index (Phi) is 4.73. The highest BCUT2D eigenvalue weighted by Crippen LogP contribution is 2.14. The highest BCUT2D eigenvalue weighted by atomic mass is 32.1. The van der Waals surface area contributed by atoms with Crippen LogP contribution in [0.4, 0.5) is 0 Å². The Morgan fingerprint density at radius 3 is 2.17 bits per heavy atom. The van der Waals surface area contributed by atoms with E-state index in [9.17, 15) is 9.59 Å². The molecule has 0 rings (SSSR count). The second-order valence-corrected chi connectivity index (χ2v) is 3.60. The normalized spacial score (nSPS) is 15.2. The summed E-state index contributed by atoms with van der Waals surface area (Å²) in [7, 11) is 0. The van der Waals surface area contributed by atoms with Crippen LogP contribution in [0.1, 0.15) is 19.8 Å². The lowest BCUT2D eigenvalue weighted by molar-refractivity contribution is -0.148. The van der Waals surface area contributed by atoms with Crippen molar-refractivity contribution in [3.05, 3.63) is 0 Å². The van der Waals surface area contributed by atoms with Crippen LogP contribution in [0.25, 0.3) is 0 Å². The predicted molar refractivity (Wildman–Crippen MR) is 46.4 cm³/mol. The van der Waals surface area contributed by atoms with Crippen molar-refractivity contribution < 1.29 is 19.8 Å². The van der Waals surface area contributed by atoms with Crippen LogP contribution < -0.4 is 0 Å². The van der Waals surface area contributed by atoms with Crippen molar-refractivity contribution >= 4 is 24.6 Å². The molecule has 5 heteroatoms. The highest BCUT2D eigenvalue weighted by Gasteiger charge is 2.21. The zero-order valence-corrected chi connectivity index (χ0v) is 7.62. The Balaban J connectivity index is 4.04. The molecule has 0 saturated heterocycles. The van der Waals surface area contributed by atoms with E-state index in [4.69, 9.17) is 10.2 Å². The second kappa shape index (κ2) is 5.03. The molecule has 0 aliphatic rings. The molecule has 0 amide bonds. The first kappa shape index (κ1) is 11.3. The molecule has 0 aromatic heterocycles. The number of carbonyl (C=O) groups is 2. The third kappa shape index (κ3) is 5.01. The van der Waals surface area contributed by atoms with E-state index in [0.717, 1.165) is 0 Å². The molecule has 2 unspecified atom stereocenters.